The van der Waals surface area contributed by atoms with E-state index in [1.54, 1.807) is 0 Å². The minimum atomic E-state index is -0.943. The molecule has 1 aromatic carbocycles. The minimum absolute atomic E-state index is 0.505. The molecule has 0 fully saturated rings. The topological polar surface area (TPSA) is 69.2 Å². The van der Waals surface area contributed by atoms with Gasteiger partial charge in [-0.1, -0.05) is 24.3 Å². The predicted molar refractivity (Wildman–Crippen MR) is 95.2 cm³/mol. The highest BCUT2D eigenvalue weighted by Crippen LogP contribution is 2.26. The van der Waals surface area contributed by atoms with Gasteiger partial charge in [-0.05, 0) is 48.2 Å². The van der Waals surface area contributed by atoms with Gasteiger partial charge in [0.15, 0.2) is 0 Å². The Bertz CT molecular complexity index is 943. The highest BCUT2D eigenvalue weighted by Gasteiger charge is 2.23. The first kappa shape index (κ1) is 14.5. The van der Waals surface area contributed by atoms with Crippen LogP contribution in [0.15, 0.2) is 42.6 Å². The van der Waals surface area contributed by atoms with E-state index in [4.69, 9.17) is 0 Å². The van der Waals surface area contributed by atoms with Gasteiger partial charge in [0, 0.05) is 23.6 Å². The number of aromatic amines is 1. The van der Waals surface area contributed by atoms with Crippen molar-refractivity contribution in [2.24, 2.45) is 0 Å². The van der Waals surface area contributed by atoms with E-state index < -0.39 is 6.09 Å². The van der Waals surface area contributed by atoms with E-state index in [-0.39, 0.29) is 0 Å². The van der Waals surface area contributed by atoms with Crippen LogP contribution in [0.2, 0.25) is 0 Å². The summed E-state index contributed by atoms with van der Waals surface area (Å²) in [5.74, 6) is 0.566. The van der Waals surface area contributed by atoms with Crippen LogP contribution in [-0.4, -0.2) is 27.7 Å². The number of fused-ring (bicyclic) bond motifs is 2. The van der Waals surface area contributed by atoms with Crippen LogP contribution in [0.3, 0.4) is 0 Å². The molecule has 0 saturated carbocycles. The Morgan fingerprint density at radius 3 is 3.00 bits per heavy atom. The summed E-state index contributed by atoms with van der Waals surface area (Å²) in [6.07, 6.45) is 6.63. The second kappa shape index (κ2) is 5.85. The molecule has 0 spiro atoms. The highest BCUT2D eigenvalue weighted by atomic mass is 16.4. The van der Waals surface area contributed by atoms with Crippen molar-refractivity contribution >= 4 is 35.0 Å². The molecule has 0 radical (unpaired) electrons. The minimum Gasteiger partial charge on any atom is -0.465 e. The van der Waals surface area contributed by atoms with E-state index in [1.165, 1.54) is 4.90 Å². The fourth-order valence-corrected chi connectivity index (χ4v) is 3.16. The Labute approximate surface area is 139 Å². The molecule has 1 aliphatic rings. The Morgan fingerprint density at radius 1 is 1.21 bits per heavy atom. The molecule has 5 nitrogen and oxygen atoms in total. The van der Waals surface area contributed by atoms with Crippen molar-refractivity contribution in [3.8, 4) is 0 Å². The normalized spacial score (nSPS) is 14.2. The van der Waals surface area contributed by atoms with E-state index in [9.17, 15) is 9.90 Å². The van der Waals surface area contributed by atoms with Crippen LogP contribution in [0, 0.1) is 0 Å². The van der Waals surface area contributed by atoms with Crippen molar-refractivity contribution in [2.45, 2.75) is 12.8 Å². The van der Waals surface area contributed by atoms with Crippen molar-refractivity contribution < 1.29 is 9.90 Å². The summed E-state index contributed by atoms with van der Waals surface area (Å²) >= 11 is 0. The number of rotatable bonds is 2. The average Bonchev–Trinajstić information content (AvgIpc) is 3.08. The average molecular weight is 319 g/mol. The van der Waals surface area contributed by atoms with Gasteiger partial charge in [-0.3, -0.25) is 4.90 Å². The summed E-state index contributed by atoms with van der Waals surface area (Å²) < 4.78 is 0. The van der Waals surface area contributed by atoms with Crippen molar-refractivity contribution in [1.82, 2.24) is 9.97 Å². The molecule has 120 valence electrons. The van der Waals surface area contributed by atoms with Crippen LogP contribution < -0.4 is 4.90 Å². The molecule has 3 heterocycles. The van der Waals surface area contributed by atoms with E-state index >= 15 is 0 Å². The van der Waals surface area contributed by atoms with E-state index in [2.05, 4.69) is 16.0 Å². The second-order valence-corrected chi connectivity index (χ2v) is 5.88. The zero-order chi connectivity index (χ0) is 16.5. The number of anilines is 1. The number of benzene rings is 1. The molecule has 0 atom stereocenters. The number of hydrogen-bond acceptors (Lipinski definition) is 2. The first-order valence-electron chi connectivity index (χ1n) is 7.97. The number of amides is 1. The van der Waals surface area contributed by atoms with Crippen LogP contribution in [0.5, 0.6) is 0 Å². The van der Waals surface area contributed by atoms with Crippen molar-refractivity contribution in [2.75, 3.05) is 11.4 Å². The highest BCUT2D eigenvalue weighted by molar-refractivity contribution is 5.91. The molecule has 0 unspecified atom stereocenters. The molecule has 5 heteroatoms. The summed E-state index contributed by atoms with van der Waals surface area (Å²) in [7, 11) is 0. The van der Waals surface area contributed by atoms with Gasteiger partial charge in [0.1, 0.15) is 5.82 Å². The van der Waals surface area contributed by atoms with Crippen LogP contribution in [0.1, 0.15) is 23.2 Å². The first-order valence-corrected chi connectivity index (χ1v) is 7.97. The molecule has 24 heavy (non-hydrogen) atoms. The number of hydrogen-bond donors (Lipinski definition) is 2. The van der Waals surface area contributed by atoms with Crippen LogP contribution in [0.4, 0.5) is 10.6 Å². The number of carboxylic acid groups (broad SMARTS) is 1. The number of nitrogens with one attached hydrogen (secondary N) is 1. The summed E-state index contributed by atoms with van der Waals surface area (Å²) in [5.41, 5.74) is 3.94. The molecular weight excluding hydrogens is 302 g/mol. The van der Waals surface area contributed by atoms with Crippen molar-refractivity contribution in [3.05, 3.63) is 59.4 Å². The third-order valence-corrected chi connectivity index (χ3v) is 4.35. The molecule has 0 bridgehead atoms. The maximum absolute atomic E-state index is 11.4. The Hall–Kier alpha value is -3.08. The fraction of sp³-hybridized carbons (Fsp3) is 0.158. The molecule has 1 aliphatic heterocycles. The van der Waals surface area contributed by atoms with Crippen LogP contribution >= 0.6 is 0 Å². The number of aryl methyl sites for hydroxylation is 1. The molecule has 3 aromatic rings. The Morgan fingerprint density at radius 2 is 2.12 bits per heavy atom. The zero-order valence-electron chi connectivity index (χ0n) is 13.1. The van der Waals surface area contributed by atoms with Gasteiger partial charge in [0.05, 0.1) is 5.69 Å². The molecule has 1 amide bonds. The third kappa shape index (κ3) is 2.54. The molecular formula is C19H17N3O2. The molecule has 2 aromatic heterocycles. The van der Waals surface area contributed by atoms with Crippen LogP contribution in [0.25, 0.3) is 23.1 Å². The van der Waals surface area contributed by atoms with Gasteiger partial charge < -0.3 is 10.1 Å². The monoisotopic (exact) mass is 319 g/mol. The maximum atomic E-state index is 11.4. The number of pyridine rings is 1. The van der Waals surface area contributed by atoms with Gasteiger partial charge in [0.2, 0.25) is 0 Å². The molecule has 4 rings (SSSR count). The smallest absolute Gasteiger partial charge is 0.413 e. The number of H-pyrrole nitrogens is 1. The third-order valence-electron chi connectivity index (χ3n) is 4.35. The first-order chi connectivity index (χ1) is 11.7. The predicted octanol–water partition coefficient (Wildman–Crippen LogP) is 4.16. The van der Waals surface area contributed by atoms with E-state index in [1.807, 2.05) is 48.7 Å². The maximum Gasteiger partial charge on any atom is 0.413 e. The summed E-state index contributed by atoms with van der Waals surface area (Å²) in [5, 5.41) is 10.5. The lowest BCUT2D eigenvalue weighted by atomic mass is 10.1. The van der Waals surface area contributed by atoms with Gasteiger partial charge in [-0.25, -0.2) is 9.78 Å². The molecule has 0 saturated heterocycles. The number of nitrogens with zero attached hydrogens (tertiary/aromatic N) is 2. The summed E-state index contributed by atoms with van der Waals surface area (Å²) in [6.45, 7) is 0.505. The van der Waals surface area contributed by atoms with Gasteiger partial charge in [-0.15, -0.1) is 0 Å². The molecule has 2 N–H and O–H groups in total. The van der Waals surface area contributed by atoms with Gasteiger partial charge in [0.25, 0.3) is 0 Å². The lowest BCUT2D eigenvalue weighted by Crippen LogP contribution is -2.35. The lowest BCUT2D eigenvalue weighted by molar-refractivity contribution is 0.201. The number of carbonyl (C=O) groups is 1. The van der Waals surface area contributed by atoms with Gasteiger partial charge in [-0.2, -0.15) is 0 Å². The summed E-state index contributed by atoms with van der Waals surface area (Å²) in [4.78, 5) is 20.5. The van der Waals surface area contributed by atoms with E-state index in [0.717, 1.165) is 40.6 Å². The van der Waals surface area contributed by atoms with Gasteiger partial charge >= 0.3 is 6.09 Å². The molecule has 0 aliphatic carbocycles. The second-order valence-electron chi connectivity index (χ2n) is 5.88. The standard InChI is InChI=1S/C19H17N3O2/c23-19(24)22-12-2-4-14-7-9-15(21-18(14)22)8-6-13-3-1-5-17-16(13)10-11-20-17/h1,3,5-11,20H,2,4,12H2,(H,23,24). The zero-order valence-corrected chi connectivity index (χ0v) is 13.1. The van der Waals surface area contributed by atoms with E-state index in [0.29, 0.717) is 12.4 Å². The summed E-state index contributed by atoms with van der Waals surface area (Å²) in [6, 6.07) is 12.1. The van der Waals surface area contributed by atoms with Crippen molar-refractivity contribution in [3.63, 3.8) is 0 Å². The SMILES string of the molecule is O=C(O)N1CCCc2ccc(C=Cc3cccc4[nH]ccc34)nc21. The lowest BCUT2D eigenvalue weighted by Gasteiger charge is -2.25. The fourth-order valence-electron chi connectivity index (χ4n) is 3.16. The number of aromatic nitrogens is 2. The van der Waals surface area contributed by atoms with Crippen molar-refractivity contribution in [1.29, 1.82) is 0 Å². The van der Waals surface area contributed by atoms with Crippen LogP contribution in [-0.2, 0) is 6.42 Å². The quantitative estimate of drug-likeness (QED) is 0.745. The Kier molecular flexibility index (Phi) is 3.54. The largest absolute Gasteiger partial charge is 0.465 e. The Balaban J connectivity index is 1.69.